The van der Waals surface area contributed by atoms with Crippen LogP contribution in [-0.4, -0.2) is 39.8 Å². The van der Waals surface area contributed by atoms with Crippen LogP contribution in [0.3, 0.4) is 0 Å². The minimum absolute atomic E-state index is 0.0174. The number of hydrogen-bond acceptors (Lipinski definition) is 8. The molecule has 4 aliphatic rings. The Bertz CT molecular complexity index is 1330. The maximum atomic E-state index is 12.9. The molecule has 1 aromatic heterocycles. The lowest BCUT2D eigenvalue weighted by molar-refractivity contribution is -0.131. The fraction of sp³-hybridized carbons (Fsp3) is 0.269. The molecule has 2 aromatic rings. The van der Waals surface area contributed by atoms with Crippen LogP contribution in [0.2, 0.25) is 0 Å². The first-order valence-corrected chi connectivity index (χ1v) is 12.1. The van der Waals surface area contributed by atoms with Gasteiger partial charge in [0, 0.05) is 23.7 Å². The highest BCUT2D eigenvalue weighted by molar-refractivity contribution is 6.16. The molecule has 2 saturated carbocycles. The molecule has 11 heteroatoms. The number of ether oxygens (including phenoxy) is 1. The number of carbonyl (C=O) groups excluding carboxylic acids is 3. The molecule has 2 aliphatic heterocycles. The molecule has 0 spiro atoms. The Kier molecular flexibility index (Phi) is 5.59. The number of benzene rings is 1. The van der Waals surface area contributed by atoms with E-state index in [1.165, 1.54) is 6.20 Å². The Morgan fingerprint density at radius 2 is 1.73 bits per heavy atom. The lowest BCUT2D eigenvalue weighted by Gasteiger charge is -2.21. The van der Waals surface area contributed by atoms with E-state index in [2.05, 4.69) is 31.4 Å². The van der Waals surface area contributed by atoms with Crippen LogP contribution in [-0.2, 0) is 14.4 Å². The smallest absolute Gasteiger partial charge is 0.240 e. The van der Waals surface area contributed by atoms with E-state index in [0.717, 1.165) is 12.8 Å². The van der Waals surface area contributed by atoms with Gasteiger partial charge in [-0.15, -0.1) is 5.10 Å². The summed E-state index contributed by atoms with van der Waals surface area (Å²) < 4.78 is 5.76. The highest BCUT2D eigenvalue weighted by Gasteiger charge is 2.56. The maximum Gasteiger partial charge on any atom is 0.240 e. The second kappa shape index (κ2) is 9.08. The first kappa shape index (κ1) is 22.8. The number of para-hydroxylation sites is 1. The van der Waals surface area contributed by atoms with Crippen molar-refractivity contribution < 1.29 is 19.1 Å². The molecule has 3 heterocycles. The Morgan fingerprint density at radius 1 is 0.973 bits per heavy atom. The molecule has 6 rings (SSSR count). The molecule has 11 nitrogen and oxygen atoms in total. The van der Waals surface area contributed by atoms with Gasteiger partial charge in [0.15, 0.2) is 0 Å². The van der Waals surface area contributed by atoms with Crippen molar-refractivity contribution in [2.75, 3.05) is 10.6 Å². The van der Waals surface area contributed by atoms with Gasteiger partial charge in [-0.3, -0.25) is 14.4 Å². The van der Waals surface area contributed by atoms with Crippen molar-refractivity contribution in [1.82, 2.24) is 20.6 Å². The average molecular weight is 500 g/mol. The zero-order valence-corrected chi connectivity index (χ0v) is 19.8. The third-order valence-electron chi connectivity index (χ3n) is 6.55. The SMILES string of the molecule is O=C(NC1=CN2N=C(Oc3ccc(NC(=O)C4(C(=O)Nc5ccccc5)CC4)cn3)C=CC2N1)C1CC1. The number of anilines is 2. The standard InChI is InChI=1S/C26H25N7O4/c34-23(16-6-7-16)31-19-15-33-20(30-19)9-11-22(32-33)37-21-10-8-18(14-27-21)29-25(36)26(12-13-26)24(35)28-17-4-2-1-3-5-17/h1-5,8-11,14-16,20,30H,6-7,12-13H2,(H,28,35)(H,29,36)(H,31,34). The van der Waals surface area contributed by atoms with Crippen molar-refractivity contribution in [3.8, 4) is 5.88 Å². The number of hydrogen-bond donors (Lipinski definition) is 4. The van der Waals surface area contributed by atoms with Crippen LogP contribution < -0.4 is 26.0 Å². The Balaban J connectivity index is 1.04. The molecule has 1 unspecified atom stereocenters. The van der Waals surface area contributed by atoms with Gasteiger partial charge in [0.1, 0.15) is 17.4 Å². The first-order valence-electron chi connectivity index (χ1n) is 12.1. The van der Waals surface area contributed by atoms with Crippen molar-refractivity contribution in [1.29, 1.82) is 0 Å². The van der Waals surface area contributed by atoms with Gasteiger partial charge in [-0.2, -0.15) is 0 Å². The maximum absolute atomic E-state index is 12.9. The van der Waals surface area contributed by atoms with Crippen molar-refractivity contribution in [2.24, 2.45) is 16.4 Å². The zero-order valence-electron chi connectivity index (χ0n) is 19.8. The lowest BCUT2D eigenvalue weighted by atomic mass is 10.0. The van der Waals surface area contributed by atoms with E-state index < -0.39 is 5.41 Å². The molecular formula is C26H25N7O4. The van der Waals surface area contributed by atoms with Gasteiger partial charge in [-0.05, 0) is 50.0 Å². The van der Waals surface area contributed by atoms with Crippen molar-refractivity contribution in [3.05, 3.63) is 72.8 Å². The first-order chi connectivity index (χ1) is 18.0. The van der Waals surface area contributed by atoms with Crippen molar-refractivity contribution in [2.45, 2.75) is 31.8 Å². The van der Waals surface area contributed by atoms with Crippen LogP contribution in [0.4, 0.5) is 11.4 Å². The zero-order chi connectivity index (χ0) is 25.4. The molecule has 4 N–H and O–H groups in total. The molecule has 3 amide bonds. The van der Waals surface area contributed by atoms with Crippen LogP contribution in [0.1, 0.15) is 25.7 Å². The fourth-order valence-electron chi connectivity index (χ4n) is 4.05. The number of nitrogens with one attached hydrogen (secondary N) is 4. The number of rotatable bonds is 7. The molecule has 37 heavy (non-hydrogen) atoms. The largest absolute Gasteiger partial charge is 0.419 e. The average Bonchev–Trinajstić information content (AvgIpc) is 3.82. The number of pyridine rings is 1. The Hall–Kier alpha value is -4.67. The second-order valence-electron chi connectivity index (χ2n) is 9.42. The number of amides is 3. The van der Waals surface area contributed by atoms with Crippen LogP contribution >= 0.6 is 0 Å². The molecular weight excluding hydrogens is 474 g/mol. The number of fused-ring (bicyclic) bond motifs is 1. The summed E-state index contributed by atoms with van der Waals surface area (Å²) in [5.41, 5.74) is 0.0393. The molecule has 2 aliphatic carbocycles. The third-order valence-corrected chi connectivity index (χ3v) is 6.55. The topological polar surface area (TPSA) is 137 Å². The summed E-state index contributed by atoms with van der Waals surface area (Å²) in [7, 11) is 0. The van der Waals surface area contributed by atoms with E-state index in [1.807, 2.05) is 24.3 Å². The normalized spacial score (nSPS) is 20.5. The van der Waals surface area contributed by atoms with E-state index >= 15 is 0 Å². The molecule has 188 valence electrons. The van der Waals surface area contributed by atoms with Crippen LogP contribution in [0.25, 0.3) is 0 Å². The van der Waals surface area contributed by atoms with Crippen LogP contribution in [0.15, 0.2) is 77.9 Å². The summed E-state index contributed by atoms with van der Waals surface area (Å²) in [6, 6.07) is 12.3. The highest BCUT2D eigenvalue weighted by atomic mass is 16.5. The van der Waals surface area contributed by atoms with Crippen LogP contribution in [0, 0.1) is 11.3 Å². The number of carbonyl (C=O) groups is 3. The summed E-state index contributed by atoms with van der Waals surface area (Å²) in [4.78, 5) is 41.8. The van der Waals surface area contributed by atoms with Gasteiger partial charge < -0.3 is 26.0 Å². The van der Waals surface area contributed by atoms with Gasteiger partial charge >= 0.3 is 0 Å². The molecule has 2 fully saturated rings. The van der Waals surface area contributed by atoms with Crippen molar-refractivity contribution >= 4 is 35.0 Å². The lowest BCUT2D eigenvalue weighted by Crippen LogP contribution is -2.38. The summed E-state index contributed by atoms with van der Waals surface area (Å²) in [5, 5.41) is 17.7. The summed E-state index contributed by atoms with van der Waals surface area (Å²) >= 11 is 0. The van der Waals surface area contributed by atoms with Gasteiger partial charge in [0.25, 0.3) is 0 Å². The van der Waals surface area contributed by atoms with E-state index in [9.17, 15) is 14.4 Å². The van der Waals surface area contributed by atoms with E-state index in [4.69, 9.17) is 4.74 Å². The number of hydrazone groups is 1. The van der Waals surface area contributed by atoms with Gasteiger partial charge in [-0.1, -0.05) is 18.2 Å². The predicted octanol–water partition coefficient (Wildman–Crippen LogP) is 2.26. The minimum Gasteiger partial charge on any atom is -0.419 e. The van der Waals surface area contributed by atoms with Crippen molar-refractivity contribution in [3.63, 3.8) is 0 Å². The summed E-state index contributed by atoms with van der Waals surface area (Å²) in [5.74, 6) is 0.664. The Morgan fingerprint density at radius 3 is 2.41 bits per heavy atom. The number of aromatic nitrogens is 1. The van der Waals surface area contributed by atoms with E-state index in [0.29, 0.717) is 41.8 Å². The third kappa shape index (κ3) is 4.88. The van der Waals surface area contributed by atoms with E-state index in [1.54, 1.807) is 41.6 Å². The molecule has 0 radical (unpaired) electrons. The second-order valence-corrected chi connectivity index (χ2v) is 9.42. The van der Waals surface area contributed by atoms with Gasteiger partial charge in [0.2, 0.25) is 29.5 Å². The predicted molar refractivity (Wildman–Crippen MR) is 135 cm³/mol. The molecule has 1 aromatic carbocycles. The quantitative estimate of drug-likeness (QED) is 0.429. The molecule has 0 saturated heterocycles. The highest BCUT2D eigenvalue weighted by Crippen LogP contribution is 2.47. The minimum atomic E-state index is -1.07. The summed E-state index contributed by atoms with van der Waals surface area (Å²) in [6.45, 7) is 0. The number of nitrogens with zero attached hydrogens (tertiary/aromatic N) is 3. The monoisotopic (exact) mass is 499 g/mol. The van der Waals surface area contributed by atoms with Gasteiger partial charge in [0.05, 0.1) is 18.1 Å². The van der Waals surface area contributed by atoms with Crippen LogP contribution in [0.5, 0.6) is 5.88 Å². The van der Waals surface area contributed by atoms with Gasteiger partial charge in [-0.25, -0.2) is 9.99 Å². The fourth-order valence-corrected chi connectivity index (χ4v) is 4.05. The molecule has 1 atom stereocenters. The Labute approximate surface area is 212 Å². The molecule has 0 bridgehead atoms. The summed E-state index contributed by atoms with van der Waals surface area (Å²) in [6.07, 6.45) is 9.40. The van der Waals surface area contributed by atoms with E-state index in [-0.39, 0.29) is 29.8 Å².